The van der Waals surface area contributed by atoms with Gasteiger partial charge in [-0.05, 0) is 63.3 Å². The summed E-state index contributed by atoms with van der Waals surface area (Å²) in [6, 6.07) is 4.15. The van der Waals surface area contributed by atoms with Gasteiger partial charge in [0, 0.05) is 29.9 Å². The molecule has 29 heavy (non-hydrogen) atoms. The molecule has 1 unspecified atom stereocenters. The van der Waals surface area contributed by atoms with E-state index in [-0.39, 0.29) is 24.9 Å². The molecule has 1 heterocycles. The summed E-state index contributed by atoms with van der Waals surface area (Å²) in [5, 5.41) is 1.02. The lowest BCUT2D eigenvalue weighted by Crippen LogP contribution is -2.50. The van der Waals surface area contributed by atoms with Crippen molar-refractivity contribution >= 4 is 17.3 Å². The maximum Gasteiger partial charge on any atom is 0.492 e. The molecular formula is C19H24F4N2O3S. The van der Waals surface area contributed by atoms with Crippen molar-refractivity contribution in [1.82, 2.24) is 9.79 Å². The van der Waals surface area contributed by atoms with Gasteiger partial charge in [-0.2, -0.15) is 13.2 Å². The summed E-state index contributed by atoms with van der Waals surface area (Å²) in [7, 11) is 0. The highest BCUT2D eigenvalue weighted by atomic mass is 32.2. The molecule has 1 aliphatic carbocycles. The number of rotatable bonds is 3. The van der Waals surface area contributed by atoms with Gasteiger partial charge < -0.3 is 9.39 Å². The second-order valence-electron chi connectivity index (χ2n) is 8.62. The molecule has 0 aromatic heterocycles. The van der Waals surface area contributed by atoms with E-state index in [9.17, 15) is 26.9 Å². The van der Waals surface area contributed by atoms with Crippen LogP contribution in [0.2, 0.25) is 0 Å². The Balaban J connectivity index is 1.79. The van der Waals surface area contributed by atoms with E-state index in [1.54, 1.807) is 6.07 Å². The van der Waals surface area contributed by atoms with Gasteiger partial charge in [-0.25, -0.2) is 9.18 Å². The Kier molecular flexibility index (Phi) is 5.94. The number of carbonyl (C=O) groups excluding carboxylic acids is 1. The Morgan fingerprint density at radius 1 is 1.28 bits per heavy atom. The van der Waals surface area contributed by atoms with Crippen LogP contribution in [0.4, 0.5) is 17.6 Å². The summed E-state index contributed by atoms with van der Waals surface area (Å²) in [6.07, 6.45) is -3.72. The summed E-state index contributed by atoms with van der Waals surface area (Å²) in [5.41, 5.74) is 1.21. The third-order valence-corrected chi connectivity index (χ3v) is 7.08. The number of nitrogens with one attached hydrogen (secondary N) is 1. The van der Waals surface area contributed by atoms with E-state index in [2.05, 4.69) is 9.56 Å². The Labute approximate surface area is 170 Å². The second kappa shape index (κ2) is 7.72. The van der Waals surface area contributed by atoms with Crippen LogP contribution in [0, 0.1) is 11.2 Å². The van der Waals surface area contributed by atoms with Crippen LogP contribution in [0.5, 0.6) is 0 Å². The molecule has 162 valence electrons. The van der Waals surface area contributed by atoms with E-state index in [4.69, 9.17) is 0 Å². The van der Waals surface area contributed by atoms with E-state index in [1.165, 1.54) is 12.1 Å². The van der Waals surface area contributed by atoms with Crippen LogP contribution in [-0.4, -0.2) is 39.6 Å². The number of hydroxylamine groups is 2. The first-order valence-electron chi connectivity index (χ1n) is 9.32. The lowest BCUT2D eigenvalue weighted by atomic mass is 9.73. The number of fused-ring (bicyclic) bond motifs is 1. The van der Waals surface area contributed by atoms with Crippen molar-refractivity contribution in [3.05, 3.63) is 35.1 Å². The molecule has 1 aliphatic heterocycles. The third kappa shape index (κ3) is 4.70. The highest BCUT2D eigenvalue weighted by Gasteiger charge is 2.51. The molecule has 10 heteroatoms. The Bertz CT molecular complexity index is 774. The minimum Gasteiger partial charge on any atom is -0.598 e. The minimum atomic E-state index is -5.05. The first-order valence-corrected chi connectivity index (χ1v) is 10.5. The fraction of sp³-hybridized carbons (Fsp3) is 0.632. The minimum absolute atomic E-state index is 0.110. The van der Waals surface area contributed by atoms with Crippen LogP contribution in [0.15, 0.2) is 18.2 Å². The number of carbonyl (C=O) groups is 1. The lowest BCUT2D eigenvalue weighted by Gasteiger charge is -2.43. The quantitative estimate of drug-likeness (QED) is 0.580. The summed E-state index contributed by atoms with van der Waals surface area (Å²) in [4.78, 5) is 15.6. The summed E-state index contributed by atoms with van der Waals surface area (Å²) in [6.45, 7) is 5.73. The number of piperidine rings is 1. The van der Waals surface area contributed by atoms with E-state index in [0.717, 1.165) is 16.2 Å². The predicted octanol–water partition coefficient (Wildman–Crippen LogP) is 3.58. The molecule has 3 rings (SSSR count). The zero-order valence-electron chi connectivity index (χ0n) is 16.4. The van der Waals surface area contributed by atoms with Crippen molar-refractivity contribution in [3.8, 4) is 0 Å². The number of alkyl halides is 3. The van der Waals surface area contributed by atoms with Crippen LogP contribution in [0.25, 0.3) is 0 Å². The highest BCUT2D eigenvalue weighted by Crippen LogP contribution is 2.52. The molecular weight excluding hydrogens is 412 g/mol. The van der Waals surface area contributed by atoms with E-state index < -0.39 is 33.7 Å². The molecule has 1 N–H and O–H groups in total. The molecule has 0 bridgehead atoms. The van der Waals surface area contributed by atoms with Gasteiger partial charge in [-0.3, -0.25) is 0 Å². The van der Waals surface area contributed by atoms with Gasteiger partial charge in [0.2, 0.25) is 0 Å². The van der Waals surface area contributed by atoms with E-state index in [0.29, 0.717) is 19.3 Å². The van der Waals surface area contributed by atoms with Crippen molar-refractivity contribution in [1.29, 1.82) is 0 Å². The number of benzene rings is 1. The van der Waals surface area contributed by atoms with Gasteiger partial charge in [0.05, 0.1) is 6.04 Å². The molecule has 1 spiro atoms. The average molecular weight is 436 g/mol. The molecule has 5 nitrogen and oxygen atoms in total. The van der Waals surface area contributed by atoms with E-state index >= 15 is 0 Å². The van der Waals surface area contributed by atoms with Crippen molar-refractivity contribution in [2.24, 2.45) is 5.41 Å². The lowest BCUT2D eigenvalue weighted by molar-refractivity contribution is -0.244. The monoisotopic (exact) mass is 436 g/mol. The first-order chi connectivity index (χ1) is 13.3. The Hall–Kier alpha value is -1.36. The third-order valence-electron chi connectivity index (χ3n) is 5.51. The topological polar surface area (TPSA) is 64.6 Å². The van der Waals surface area contributed by atoms with Crippen molar-refractivity contribution in [2.45, 2.75) is 57.0 Å². The van der Waals surface area contributed by atoms with Crippen LogP contribution in [-0.2, 0) is 27.4 Å². The fourth-order valence-corrected chi connectivity index (χ4v) is 4.89. The molecule has 2 atom stereocenters. The van der Waals surface area contributed by atoms with Gasteiger partial charge in [0.15, 0.2) is 0 Å². The van der Waals surface area contributed by atoms with Gasteiger partial charge in [0.25, 0.3) is 0 Å². The van der Waals surface area contributed by atoms with Gasteiger partial charge in [0.1, 0.15) is 10.6 Å². The van der Waals surface area contributed by atoms with Crippen LogP contribution in [0.3, 0.4) is 0 Å². The number of nitrogens with zero attached hydrogens (tertiary/aromatic N) is 1. The maximum atomic E-state index is 13.8. The highest BCUT2D eigenvalue weighted by molar-refractivity contribution is 7.90. The van der Waals surface area contributed by atoms with Crippen molar-refractivity contribution in [3.63, 3.8) is 0 Å². The maximum absolute atomic E-state index is 13.8. The largest absolute Gasteiger partial charge is 0.598 e. The average Bonchev–Trinajstić information content (AvgIpc) is 2.87. The molecule has 2 aliphatic rings. The first kappa shape index (κ1) is 22.3. The Morgan fingerprint density at radius 3 is 2.45 bits per heavy atom. The van der Waals surface area contributed by atoms with Crippen LogP contribution in [0.1, 0.15) is 50.8 Å². The molecule has 0 saturated carbocycles. The SMILES string of the molecule is CC(C)(C)[S+]([O-])N[C@@H]1c2ccc(F)cc2CC12CCN(OC(=O)C(F)(F)F)CC2. The summed E-state index contributed by atoms with van der Waals surface area (Å²) < 4.78 is 66.5. The second-order valence-corrected chi connectivity index (χ2v) is 10.6. The molecule has 1 aromatic carbocycles. The van der Waals surface area contributed by atoms with Crippen molar-refractivity contribution in [2.75, 3.05) is 13.1 Å². The fourth-order valence-electron chi connectivity index (χ4n) is 3.95. The number of hydrogen-bond acceptors (Lipinski definition) is 5. The summed E-state index contributed by atoms with van der Waals surface area (Å²) >= 11 is -1.39. The molecule has 1 aromatic rings. The molecule has 0 radical (unpaired) electrons. The van der Waals surface area contributed by atoms with Gasteiger partial charge >= 0.3 is 12.1 Å². The molecule has 0 amide bonds. The predicted molar refractivity (Wildman–Crippen MR) is 99.3 cm³/mol. The normalized spacial score (nSPS) is 23.1. The number of hydrogen-bond donors (Lipinski definition) is 1. The van der Waals surface area contributed by atoms with Crippen LogP contribution >= 0.6 is 0 Å². The van der Waals surface area contributed by atoms with Crippen molar-refractivity contribution < 1.29 is 31.7 Å². The molecule has 1 fully saturated rings. The molecule has 1 saturated heterocycles. The zero-order valence-corrected chi connectivity index (χ0v) is 17.3. The number of halogens is 4. The standard InChI is InChI=1S/C19H24F4N2O3S/c1-17(2,3)29(27)24-15-14-5-4-13(20)10-12(14)11-18(15)6-8-25(9-7-18)28-16(26)19(21,22)23/h4-5,10,15,24H,6-9,11H2,1-3H3/t15-,29?/m1/s1. The van der Waals surface area contributed by atoms with Gasteiger partial charge in [-0.1, -0.05) is 6.07 Å². The smallest absolute Gasteiger partial charge is 0.492 e. The van der Waals surface area contributed by atoms with E-state index in [1.807, 2.05) is 20.8 Å². The van der Waals surface area contributed by atoms with Gasteiger partial charge in [-0.15, -0.1) is 9.79 Å². The summed E-state index contributed by atoms with van der Waals surface area (Å²) in [5.74, 6) is -2.61. The van der Waals surface area contributed by atoms with Crippen LogP contribution < -0.4 is 4.72 Å². The Morgan fingerprint density at radius 2 is 1.90 bits per heavy atom. The zero-order chi connectivity index (χ0) is 21.6.